The molecule has 1 heterocycles. The fourth-order valence-corrected chi connectivity index (χ4v) is 3.09. The van der Waals surface area contributed by atoms with E-state index in [2.05, 4.69) is 15.5 Å². The molecule has 3 aromatic rings. The van der Waals surface area contributed by atoms with Gasteiger partial charge in [-0.25, -0.2) is 4.79 Å². The Hall–Kier alpha value is -2.93. The monoisotopic (exact) mass is 353 g/mol. The van der Waals surface area contributed by atoms with Crippen LogP contribution in [0.2, 0.25) is 0 Å². The van der Waals surface area contributed by atoms with Crippen LogP contribution in [0.4, 0.5) is 5.69 Å². The number of rotatable bonds is 5. The van der Waals surface area contributed by atoms with Crippen LogP contribution in [0.3, 0.4) is 0 Å². The maximum atomic E-state index is 12.3. The van der Waals surface area contributed by atoms with Crippen LogP contribution in [0.15, 0.2) is 59.8 Å². The average Bonchev–Trinajstić information content (AvgIpc) is 2.66. The van der Waals surface area contributed by atoms with Crippen molar-refractivity contribution in [3.63, 3.8) is 0 Å². The van der Waals surface area contributed by atoms with Crippen molar-refractivity contribution in [1.82, 2.24) is 10.2 Å². The molecule has 3 rings (SSSR count). The average molecular weight is 353 g/mol. The molecule has 2 aromatic carbocycles. The maximum absolute atomic E-state index is 12.3. The summed E-state index contributed by atoms with van der Waals surface area (Å²) >= 11 is 1.30. The summed E-state index contributed by atoms with van der Waals surface area (Å²) in [5.74, 6) is -0.586. The maximum Gasteiger partial charge on any atom is 0.339 e. The number of ether oxygens (including phenoxy) is 1. The third kappa shape index (κ3) is 3.95. The number of fused-ring (bicyclic) bond motifs is 1. The van der Waals surface area contributed by atoms with Gasteiger partial charge in [-0.3, -0.25) is 4.79 Å². The van der Waals surface area contributed by atoms with Crippen molar-refractivity contribution in [3.8, 4) is 0 Å². The van der Waals surface area contributed by atoms with Crippen molar-refractivity contribution in [2.24, 2.45) is 0 Å². The molecule has 0 saturated carbocycles. The summed E-state index contributed by atoms with van der Waals surface area (Å²) in [4.78, 5) is 24.0. The van der Waals surface area contributed by atoms with Gasteiger partial charge < -0.3 is 10.1 Å². The van der Waals surface area contributed by atoms with Crippen LogP contribution < -0.4 is 5.32 Å². The van der Waals surface area contributed by atoms with Crippen molar-refractivity contribution < 1.29 is 14.3 Å². The summed E-state index contributed by atoms with van der Waals surface area (Å²) in [5.41, 5.74) is 0.734. The summed E-state index contributed by atoms with van der Waals surface area (Å²) in [7, 11) is 1.30. The van der Waals surface area contributed by atoms with Crippen molar-refractivity contribution in [2.75, 3.05) is 18.2 Å². The first-order valence-corrected chi connectivity index (χ1v) is 8.48. The van der Waals surface area contributed by atoms with Gasteiger partial charge in [0.05, 0.1) is 30.3 Å². The fraction of sp³-hybridized carbons (Fsp3) is 0.111. The molecule has 7 heteroatoms. The van der Waals surface area contributed by atoms with Crippen LogP contribution in [0.25, 0.3) is 10.8 Å². The normalized spacial score (nSPS) is 10.4. The quantitative estimate of drug-likeness (QED) is 0.560. The van der Waals surface area contributed by atoms with E-state index in [0.29, 0.717) is 16.3 Å². The van der Waals surface area contributed by atoms with E-state index in [-0.39, 0.29) is 11.7 Å². The number of thioether (sulfide) groups is 1. The number of nitrogens with zero attached hydrogens (tertiary/aromatic N) is 2. The Bertz CT molecular complexity index is 925. The SMILES string of the molecule is COC(=O)c1ccccc1NC(=O)CSc1nncc2ccccc12. The Morgan fingerprint density at radius 1 is 1.12 bits per heavy atom. The topological polar surface area (TPSA) is 81.2 Å². The number of methoxy groups -OCH3 is 1. The summed E-state index contributed by atoms with van der Waals surface area (Å²) in [5, 5.41) is 13.4. The van der Waals surface area contributed by atoms with Crippen LogP contribution in [0, 0.1) is 0 Å². The predicted molar refractivity (Wildman–Crippen MR) is 96.7 cm³/mol. The van der Waals surface area contributed by atoms with Crippen molar-refractivity contribution >= 4 is 40.1 Å². The first-order chi connectivity index (χ1) is 12.2. The standard InChI is InChI=1S/C18H15N3O3S/c1-24-18(23)14-8-4-5-9-15(14)20-16(22)11-25-17-13-7-3-2-6-12(13)10-19-21-17/h2-10H,11H2,1H3,(H,20,22). The molecule has 0 spiro atoms. The Balaban J connectivity index is 1.71. The van der Waals surface area contributed by atoms with E-state index in [1.807, 2.05) is 24.3 Å². The summed E-state index contributed by atoms with van der Waals surface area (Å²) < 4.78 is 4.72. The molecule has 1 N–H and O–H groups in total. The minimum atomic E-state index is -0.497. The molecule has 0 aliphatic heterocycles. The lowest BCUT2D eigenvalue weighted by atomic mass is 10.2. The van der Waals surface area contributed by atoms with Gasteiger partial charge in [-0.1, -0.05) is 48.2 Å². The highest BCUT2D eigenvalue weighted by molar-refractivity contribution is 8.00. The predicted octanol–water partition coefficient (Wildman–Crippen LogP) is 3.15. The van der Waals surface area contributed by atoms with Crippen LogP contribution >= 0.6 is 11.8 Å². The Morgan fingerprint density at radius 2 is 1.88 bits per heavy atom. The van der Waals surface area contributed by atoms with Crippen molar-refractivity contribution in [1.29, 1.82) is 0 Å². The van der Waals surface area contributed by atoms with E-state index >= 15 is 0 Å². The van der Waals surface area contributed by atoms with Crippen LogP contribution in [-0.4, -0.2) is 34.9 Å². The number of aromatic nitrogens is 2. The van der Waals surface area contributed by atoms with Gasteiger partial charge in [0.25, 0.3) is 0 Å². The van der Waals surface area contributed by atoms with Crippen molar-refractivity contribution in [3.05, 3.63) is 60.3 Å². The highest BCUT2D eigenvalue weighted by atomic mass is 32.2. The number of para-hydroxylation sites is 1. The number of carbonyl (C=O) groups excluding carboxylic acids is 2. The molecule has 0 radical (unpaired) electrons. The molecule has 0 aliphatic rings. The minimum absolute atomic E-state index is 0.151. The highest BCUT2D eigenvalue weighted by Crippen LogP contribution is 2.25. The van der Waals surface area contributed by atoms with E-state index < -0.39 is 5.97 Å². The molecule has 0 bridgehead atoms. The Morgan fingerprint density at radius 3 is 2.72 bits per heavy atom. The summed E-state index contributed by atoms with van der Waals surface area (Å²) in [6.45, 7) is 0. The van der Waals surface area contributed by atoms with Crippen LogP contribution in [0.1, 0.15) is 10.4 Å². The molecule has 0 fully saturated rings. The lowest BCUT2D eigenvalue weighted by Gasteiger charge is -2.09. The van der Waals surface area contributed by atoms with Gasteiger partial charge in [0, 0.05) is 10.8 Å². The van der Waals surface area contributed by atoms with Gasteiger partial charge in [0.1, 0.15) is 5.03 Å². The molecule has 6 nitrogen and oxygen atoms in total. The Labute approximate surface area is 148 Å². The second kappa shape index (κ2) is 7.76. The number of carbonyl (C=O) groups is 2. The summed E-state index contributed by atoms with van der Waals surface area (Å²) in [6.07, 6.45) is 1.69. The van der Waals surface area contributed by atoms with E-state index in [0.717, 1.165) is 10.8 Å². The van der Waals surface area contributed by atoms with Gasteiger partial charge in [-0.2, -0.15) is 5.10 Å². The largest absolute Gasteiger partial charge is 0.465 e. The first kappa shape index (κ1) is 16.9. The molecule has 1 amide bonds. The zero-order chi connectivity index (χ0) is 17.6. The van der Waals surface area contributed by atoms with E-state index in [9.17, 15) is 9.59 Å². The van der Waals surface area contributed by atoms with E-state index in [1.54, 1.807) is 30.5 Å². The smallest absolute Gasteiger partial charge is 0.339 e. The first-order valence-electron chi connectivity index (χ1n) is 7.49. The van der Waals surface area contributed by atoms with Crippen LogP contribution in [-0.2, 0) is 9.53 Å². The highest BCUT2D eigenvalue weighted by Gasteiger charge is 2.14. The number of benzene rings is 2. The minimum Gasteiger partial charge on any atom is -0.465 e. The second-order valence-electron chi connectivity index (χ2n) is 5.11. The van der Waals surface area contributed by atoms with E-state index in [1.165, 1.54) is 18.9 Å². The molecular weight excluding hydrogens is 338 g/mol. The molecule has 0 saturated heterocycles. The fourth-order valence-electron chi connectivity index (χ4n) is 2.31. The van der Waals surface area contributed by atoms with Gasteiger partial charge in [0.15, 0.2) is 0 Å². The zero-order valence-corrected chi connectivity index (χ0v) is 14.2. The van der Waals surface area contributed by atoms with Gasteiger partial charge in [-0.05, 0) is 12.1 Å². The van der Waals surface area contributed by atoms with Gasteiger partial charge >= 0.3 is 5.97 Å². The lowest BCUT2D eigenvalue weighted by molar-refractivity contribution is -0.113. The van der Waals surface area contributed by atoms with E-state index in [4.69, 9.17) is 4.74 Å². The molecule has 0 unspecified atom stereocenters. The lowest BCUT2D eigenvalue weighted by Crippen LogP contribution is -2.17. The van der Waals surface area contributed by atoms with Gasteiger partial charge in [-0.15, -0.1) is 5.10 Å². The number of esters is 1. The van der Waals surface area contributed by atoms with Gasteiger partial charge in [0.2, 0.25) is 5.91 Å². The Kier molecular flexibility index (Phi) is 5.25. The molecule has 0 atom stereocenters. The molecule has 1 aromatic heterocycles. The molecule has 0 aliphatic carbocycles. The molecule has 25 heavy (non-hydrogen) atoms. The molecular formula is C18H15N3O3S. The molecule has 126 valence electrons. The number of hydrogen-bond donors (Lipinski definition) is 1. The zero-order valence-electron chi connectivity index (χ0n) is 13.4. The van der Waals surface area contributed by atoms with Crippen molar-refractivity contribution in [2.45, 2.75) is 5.03 Å². The van der Waals surface area contributed by atoms with Crippen LogP contribution in [0.5, 0.6) is 0 Å². The summed E-state index contributed by atoms with van der Waals surface area (Å²) in [6, 6.07) is 14.4. The number of amides is 1. The third-order valence-corrected chi connectivity index (χ3v) is 4.46. The number of anilines is 1. The third-order valence-electron chi connectivity index (χ3n) is 3.48. The second-order valence-corrected chi connectivity index (χ2v) is 6.08. The number of hydrogen-bond acceptors (Lipinski definition) is 6. The number of nitrogens with one attached hydrogen (secondary N) is 1.